The fourth-order valence-electron chi connectivity index (χ4n) is 3.77. The number of nitrogens with one attached hydrogen (secondary N) is 1. The molecule has 2 atom stereocenters. The minimum absolute atomic E-state index is 0.495. The number of ether oxygens (including phenoxy) is 1. The Balaban J connectivity index is 1.86. The zero-order valence-corrected chi connectivity index (χ0v) is 11.7. The van der Waals surface area contributed by atoms with Gasteiger partial charge >= 0.3 is 0 Å². The number of methoxy groups -OCH3 is 1. The van der Waals surface area contributed by atoms with Crippen molar-refractivity contribution < 1.29 is 4.74 Å². The molecule has 1 aliphatic heterocycles. The Morgan fingerprint density at radius 2 is 1.90 bits per heavy atom. The van der Waals surface area contributed by atoms with E-state index in [-0.39, 0.29) is 0 Å². The Bertz CT molecular complexity index is 650. The molecule has 0 amide bonds. The van der Waals surface area contributed by atoms with Gasteiger partial charge in [0.2, 0.25) is 0 Å². The molecule has 2 aromatic rings. The molecule has 2 heteroatoms. The summed E-state index contributed by atoms with van der Waals surface area (Å²) in [4.78, 5) is 0. The zero-order chi connectivity index (χ0) is 13.5. The predicted molar refractivity (Wildman–Crippen MR) is 80.2 cm³/mol. The van der Waals surface area contributed by atoms with E-state index in [9.17, 15) is 0 Å². The van der Waals surface area contributed by atoms with Gasteiger partial charge in [0.25, 0.3) is 0 Å². The fraction of sp³-hybridized carbons (Fsp3) is 0.333. The van der Waals surface area contributed by atoms with Gasteiger partial charge in [0, 0.05) is 18.5 Å². The minimum atomic E-state index is 0.495. The normalized spacial score (nSPS) is 23.4. The van der Waals surface area contributed by atoms with Gasteiger partial charge in [-0.15, -0.1) is 0 Å². The van der Waals surface area contributed by atoms with Crippen LogP contribution in [0.15, 0.2) is 42.5 Å². The van der Waals surface area contributed by atoms with Gasteiger partial charge in [0.1, 0.15) is 5.75 Å². The molecule has 2 aliphatic rings. The lowest BCUT2D eigenvalue weighted by molar-refractivity contribution is 0.387. The number of aryl methyl sites for hydroxylation is 1. The molecular formula is C18H19NO. The van der Waals surface area contributed by atoms with Crippen LogP contribution in [0.2, 0.25) is 0 Å². The van der Waals surface area contributed by atoms with Gasteiger partial charge in [-0.25, -0.2) is 0 Å². The zero-order valence-electron chi connectivity index (χ0n) is 11.7. The summed E-state index contributed by atoms with van der Waals surface area (Å²) < 4.78 is 5.36. The summed E-state index contributed by atoms with van der Waals surface area (Å²) >= 11 is 0. The first kappa shape index (κ1) is 12.0. The maximum atomic E-state index is 5.36. The summed E-state index contributed by atoms with van der Waals surface area (Å²) in [6.45, 7) is 0.954. The molecule has 2 aromatic carbocycles. The molecule has 0 saturated heterocycles. The molecule has 102 valence electrons. The van der Waals surface area contributed by atoms with Crippen LogP contribution < -0.4 is 10.1 Å². The Hall–Kier alpha value is -1.80. The quantitative estimate of drug-likeness (QED) is 0.854. The predicted octanol–water partition coefficient (Wildman–Crippen LogP) is 3.25. The molecule has 0 radical (unpaired) electrons. The van der Waals surface area contributed by atoms with Crippen LogP contribution >= 0.6 is 0 Å². The molecule has 0 spiro atoms. The standard InChI is InChI=1S/C18H19NO/c1-20-14-7-8-16-13(10-14)11-19-17-9-6-12-4-2-3-5-15(12)18(16)17/h2-5,7-8,10,17-19H,6,9,11H2,1H3/t17-,18-/m0/s1. The average molecular weight is 265 g/mol. The van der Waals surface area contributed by atoms with Crippen LogP contribution in [0, 0.1) is 0 Å². The molecule has 0 aromatic heterocycles. The number of benzene rings is 2. The van der Waals surface area contributed by atoms with Crippen molar-refractivity contribution in [2.75, 3.05) is 7.11 Å². The summed E-state index contributed by atoms with van der Waals surface area (Å²) in [7, 11) is 1.73. The molecule has 0 fully saturated rings. The van der Waals surface area contributed by atoms with Crippen LogP contribution in [0.1, 0.15) is 34.6 Å². The maximum Gasteiger partial charge on any atom is 0.119 e. The number of hydrogen-bond acceptors (Lipinski definition) is 2. The second-order valence-electron chi connectivity index (χ2n) is 5.77. The van der Waals surface area contributed by atoms with E-state index in [1.165, 1.54) is 35.1 Å². The summed E-state index contributed by atoms with van der Waals surface area (Å²) in [6.07, 6.45) is 2.42. The summed E-state index contributed by atoms with van der Waals surface area (Å²) in [6, 6.07) is 16.0. The van der Waals surface area contributed by atoms with Crippen molar-refractivity contribution in [3.63, 3.8) is 0 Å². The van der Waals surface area contributed by atoms with E-state index in [4.69, 9.17) is 4.74 Å². The molecule has 1 heterocycles. The Kier molecular flexibility index (Phi) is 2.78. The third kappa shape index (κ3) is 1.75. The number of rotatable bonds is 1. The second kappa shape index (κ2) is 4.64. The van der Waals surface area contributed by atoms with Crippen LogP contribution in [0.25, 0.3) is 0 Å². The smallest absolute Gasteiger partial charge is 0.119 e. The molecular weight excluding hydrogens is 246 g/mol. The van der Waals surface area contributed by atoms with Crippen molar-refractivity contribution in [1.29, 1.82) is 0 Å². The second-order valence-corrected chi connectivity index (χ2v) is 5.77. The fourth-order valence-corrected chi connectivity index (χ4v) is 3.77. The summed E-state index contributed by atoms with van der Waals surface area (Å²) in [5.41, 5.74) is 5.87. The molecule has 0 saturated carbocycles. The van der Waals surface area contributed by atoms with Gasteiger partial charge in [-0.05, 0) is 47.2 Å². The van der Waals surface area contributed by atoms with Crippen molar-refractivity contribution in [3.8, 4) is 5.75 Å². The average Bonchev–Trinajstić information content (AvgIpc) is 2.53. The van der Waals surface area contributed by atoms with Crippen LogP contribution in [0.3, 0.4) is 0 Å². The molecule has 2 nitrogen and oxygen atoms in total. The summed E-state index contributed by atoms with van der Waals surface area (Å²) in [5, 5.41) is 3.71. The van der Waals surface area contributed by atoms with Crippen LogP contribution in [-0.2, 0) is 13.0 Å². The molecule has 4 rings (SSSR count). The van der Waals surface area contributed by atoms with Gasteiger partial charge in [-0.2, -0.15) is 0 Å². The SMILES string of the molecule is COc1ccc2c(c1)CN[C@H]1CCc3ccccc3[C@@H]21. The Morgan fingerprint density at radius 3 is 2.80 bits per heavy atom. The first-order valence-corrected chi connectivity index (χ1v) is 7.35. The van der Waals surface area contributed by atoms with E-state index < -0.39 is 0 Å². The van der Waals surface area contributed by atoms with E-state index in [2.05, 4.69) is 47.8 Å². The van der Waals surface area contributed by atoms with Gasteiger partial charge in [-0.1, -0.05) is 30.3 Å². The molecule has 0 bridgehead atoms. The third-order valence-corrected chi connectivity index (χ3v) is 4.76. The first-order valence-electron chi connectivity index (χ1n) is 7.35. The minimum Gasteiger partial charge on any atom is -0.497 e. The molecule has 0 unspecified atom stereocenters. The third-order valence-electron chi connectivity index (χ3n) is 4.76. The van der Waals surface area contributed by atoms with Crippen molar-refractivity contribution in [2.24, 2.45) is 0 Å². The van der Waals surface area contributed by atoms with E-state index >= 15 is 0 Å². The lowest BCUT2D eigenvalue weighted by Crippen LogP contribution is -2.42. The van der Waals surface area contributed by atoms with Crippen molar-refractivity contribution >= 4 is 0 Å². The highest BCUT2D eigenvalue weighted by atomic mass is 16.5. The topological polar surface area (TPSA) is 21.3 Å². The van der Waals surface area contributed by atoms with Gasteiger partial charge < -0.3 is 10.1 Å². The highest BCUT2D eigenvalue weighted by molar-refractivity contribution is 5.48. The highest BCUT2D eigenvalue weighted by Gasteiger charge is 2.34. The van der Waals surface area contributed by atoms with Gasteiger partial charge in [-0.3, -0.25) is 0 Å². The molecule has 1 aliphatic carbocycles. The lowest BCUT2D eigenvalue weighted by atomic mass is 9.72. The van der Waals surface area contributed by atoms with E-state index in [1.807, 2.05) is 0 Å². The van der Waals surface area contributed by atoms with Gasteiger partial charge in [0.15, 0.2) is 0 Å². The van der Waals surface area contributed by atoms with Crippen molar-refractivity contribution in [3.05, 3.63) is 64.7 Å². The van der Waals surface area contributed by atoms with Crippen LogP contribution in [-0.4, -0.2) is 13.2 Å². The number of fused-ring (bicyclic) bond motifs is 5. The molecule has 20 heavy (non-hydrogen) atoms. The van der Waals surface area contributed by atoms with Crippen molar-refractivity contribution in [2.45, 2.75) is 31.3 Å². The van der Waals surface area contributed by atoms with Crippen LogP contribution in [0.5, 0.6) is 5.75 Å². The highest BCUT2D eigenvalue weighted by Crippen LogP contribution is 2.41. The van der Waals surface area contributed by atoms with E-state index in [0.717, 1.165) is 12.3 Å². The monoisotopic (exact) mass is 265 g/mol. The maximum absolute atomic E-state index is 5.36. The lowest BCUT2D eigenvalue weighted by Gasteiger charge is -2.39. The van der Waals surface area contributed by atoms with E-state index in [1.54, 1.807) is 7.11 Å². The van der Waals surface area contributed by atoms with Gasteiger partial charge in [0.05, 0.1) is 7.11 Å². The van der Waals surface area contributed by atoms with E-state index in [0.29, 0.717) is 12.0 Å². The molecule has 1 N–H and O–H groups in total. The largest absolute Gasteiger partial charge is 0.497 e. The first-order chi connectivity index (χ1) is 9.86. The summed E-state index contributed by atoms with van der Waals surface area (Å²) in [5.74, 6) is 1.45. The Labute approximate surface area is 119 Å². The Morgan fingerprint density at radius 1 is 1.05 bits per heavy atom. The van der Waals surface area contributed by atoms with Crippen molar-refractivity contribution in [1.82, 2.24) is 5.32 Å². The van der Waals surface area contributed by atoms with Crippen LogP contribution in [0.4, 0.5) is 0 Å². The number of hydrogen-bond donors (Lipinski definition) is 1.